The molecule has 6 N–H and O–H groups in total. The van der Waals surface area contributed by atoms with Crippen LogP contribution in [0.15, 0.2) is 4.99 Å². The zero-order valence-corrected chi connectivity index (χ0v) is 17.4. The number of carbonyl (C=O) groups excluding carboxylic acids is 3. The third kappa shape index (κ3) is 11.1. The van der Waals surface area contributed by atoms with Crippen molar-refractivity contribution in [2.45, 2.75) is 25.8 Å². The number of aliphatic imine (C=N–C) groups is 1. The smallest absolute Gasteiger partial charge is 0.251 e. The molecule has 27 heavy (non-hydrogen) atoms. The minimum absolute atomic E-state index is 0. The molecule has 10 nitrogen and oxygen atoms in total. The normalized spacial score (nSPS) is 15.6. The Labute approximate surface area is 172 Å². The first-order chi connectivity index (χ1) is 12.0. The van der Waals surface area contributed by atoms with Crippen LogP contribution in [0.5, 0.6) is 0 Å². The highest BCUT2D eigenvalue weighted by molar-refractivity contribution is 6.07. The summed E-state index contributed by atoms with van der Waals surface area (Å²) in [5, 5.41) is 11.3. The second kappa shape index (κ2) is 15.6. The van der Waals surface area contributed by atoms with Crippen molar-refractivity contribution in [3.05, 3.63) is 0 Å². The Morgan fingerprint density at radius 1 is 1.22 bits per heavy atom. The van der Waals surface area contributed by atoms with Gasteiger partial charge >= 0.3 is 0 Å². The zero-order chi connectivity index (χ0) is 18.7. The summed E-state index contributed by atoms with van der Waals surface area (Å²) in [6.07, 6.45) is 1.26. The fourth-order valence-corrected chi connectivity index (χ4v) is 2.27. The van der Waals surface area contributed by atoms with Crippen molar-refractivity contribution < 1.29 is 14.4 Å². The molecule has 0 saturated heterocycles. The Bertz CT molecular complexity index is 506. The van der Waals surface area contributed by atoms with Crippen LogP contribution in [-0.4, -0.2) is 80.9 Å². The monoisotopic (exact) mass is 427 g/mol. The van der Waals surface area contributed by atoms with Gasteiger partial charge in [-0.3, -0.25) is 25.0 Å². The van der Waals surface area contributed by atoms with Gasteiger partial charge in [-0.1, -0.05) is 0 Å². The molecule has 0 aromatic heterocycles. The maximum Gasteiger partial charge on any atom is 0.251 e. The molecule has 1 rings (SSSR count). The number of nitrogens with one attached hydrogen (secondary N) is 4. The molecule has 3 amide bonds. The van der Waals surface area contributed by atoms with Crippen LogP contribution in [-0.2, 0) is 14.4 Å². The standard InChI is InChI=1S/C15H29N7O3.2ClH/c1-11(23)20-15-19-10-12(14(25)21-15)22(2)13(24)4-8-17-6-3-7-18-9-5-16;;/h12,17-18H,3-10,16H2,1-2H3,(H2,19,20,21,23,25);2*1H. The number of carbonyl (C=O) groups is 3. The van der Waals surface area contributed by atoms with Crippen molar-refractivity contribution in [3.63, 3.8) is 0 Å². The van der Waals surface area contributed by atoms with Crippen molar-refractivity contribution in [1.82, 2.24) is 26.2 Å². The molecular formula is C15H31Cl2N7O3. The molecule has 1 aliphatic heterocycles. The number of nitrogens with two attached hydrogens (primary N) is 1. The predicted molar refractivity (Wildman–Crippen MR) is 109 cm³/mol. The van der Waals surface area contributed by atoms with Crippen LogP contribution in [0, 0.1) is 0 Å². The molecule has 1 heterocycles. The minimum Gasteiger partial charge on any atom is -0.332 e. The van der Waals surface area contributed by atoms with E-state index in [2.05, 4.69) is 26.3 Å². The summed E-state index contributed by atoms with van der Waals surface area (Å²) in [5.74, 6) is -0.675. The first-order valence-electron chi connectivity index (χ1n) is 8.45. The summed E-state index contributed by atoms with van der Waals surface area (Å²) < 4.78 is 0. The maximum atomic E-state index is 12.2. The topological polar surface area (TPSA) is 141 Å². The van der Waals surface area contributed by atoms with Crippen LogP contribution in [0.3, 0.4) is 0 Å². The van der Waals surface area contributed by atoms with Crippen LogP contribution in [0.25, 0.3) is 0 Å². The second-order valence-corrected chi connectivity index (χ2v) is 5.77. The van der Waals surface area contributed by atoms with E-state index >= 15 is 0 Å². The highest BCUT2D eigenvalue weighted by atomic mass is 35.5. The summed E-state index contributed by atoms with van der Waals surface area (Å²) in [7, 11) is 1.59. The molecule has 0 saturated carbocycles. The summed E-state index contributed by atoms with van der Waals surface area (Å²) in [5.41, 5.74) is 5.38. The lowest BCUT2D eigenvalue weighted by Gasteiger charge is -2.29. The number of guanidine groups is 1. The van der Waals surface area contributed by atoms with Crippen LogP contribution < -0.4 is 27.0 Å². The van der Waals surface area contributed by atoms with Crippen molar-refractivity contribution in [3.8, 4) is 0 Å². The quantitative estimate of drug-likeness (QED) is 0.260. The van der Waals surface area contributed by atoms with Crippen LogP contribution in [0.4, 0.5) is 0 Å². The van der Waals surface area contributed by atoms with Gasteiger partial charge in [0.1, 0.15) is 6.04 Å². The molecule has 1 aliphatic rings. The van der Waals surface area contributed by atoms with E-state index in [4.69, 9.17) is 5.73 Å². The van der Waals surface area contributed by atoms with E-state index in [0.29, 0.717) is 19.5 Å². The van der Waals surface area contributed by atoms with Gasteiger partial charge in [-0.05, 0) is 19.5 Å². The number of likely N-dealkylation sites (N-methyl/N-ethyl adjacent to an activating group) is 1. The van der Waals surface area contributed by atoms with Crippen LogP contribution in [0.2, 0.25) is 0 Å². The molecule has 0 radical (unpaired) electrons. The molecule has 0 fully saturated rings. The Kier molecular flexibility index (Phi) is 16.0. The molecule has 1 atom stereocenters. The van der Waals surface area contributed by atoms with Gasteiger partial charge in [-0.25, -0.2) is 4.99 Å². The number of hydrogen-bond donors (Lipinski definition) is 5. The molecule has 1 unspecified atom stereocenters. The third-order valence-electron chi connectivity index (χ3n) is 3.67. The number of rotatable bonds is 10. The summed E-state index contributed by atoms with van der Waals surface area (Å²) in [6, 6.07) is -0.662. The maximum absolute atomic E-state index is 12.2. The van der Waals surface area contributed by atoms with Gasteiger partial charge in [0.2, 0.25) is 17.8 Å². The van der Waals surface area contributed by atoms with Crippen LogP contribution >= 0.6 is 24.8 Å². The second-order valence-electron chi connectivity index (χ2n) is 5.77. The molecule has 0 aliphatic carbocycles. The number of amides is 3. The summed E-state index contributed by atoms with van der Waals surface area (Å²) in [6.45, 7) is 5.13. The van der Waals surface area contributed by atoms with Crippen molar-refractivity contribution in [1.29, 1.82) is 0 Å². The lowest BCUT2D eigenvalue weighted by molar-refractivity contribution is -0.138. The zero-order valence-electron chi connectivity index (χ0n) is 15.7. The van der Waals surface area contributed by atoms with E-state index in [1.807, 2.05) is 0 Å². The molecule has 0 aromatic rings. The van der Waals surface area contributed by atoms with E-state index in [0.717, 1.165) is 26.1 Å². The van der Waals surface area contributed by atoms with E-state index in [1.54, 1.807) is 7.05 Å². The molecule has 0 aromatic carbocycles. The first-order valence-corrected chi connectivity index (χ1v) is 8.45. The van der Waals surface area contributed by atoms with E-state index < -0.39 is 6.04 Å². The SMILES string of the molecule is CC(=O)NC1=NCC(N(C)C(=O)CCNCCCNCCN)C(=O)N1.Cl.Cl. The van der Waals surface area contributed by atoms with Gasteiger partial charge in [0.05, 0.1) is 6.54 Å². The lowest BCUT2D eigenvalue weighted by atomic mass is 10.2. The van der Waals surface area contributed by atoms with Crippen molar-refractivity contribution >= 4 is 48.5 Å². The van der Waals surface area contributed by atoms with Gasteiger partial charge in [0.25, 0.3) is 5.91 Å². The minimum atomic E-state index is -0.662. The average Bonchev–Trinajstić information content (AvgIpc) is 2.56. The molecule has 0 spiro atoms. The number of hydrogen-bond acceptors (Lipinski definition) is 7. The molecule has 158 valence electrons. The largest absolute Gasteiger partial charge is 0.332 e. The Morgan fingerprint density at radius 3 is 2.41 bits per heavy atom. The van der Waals surface area contributed by atoms with Gasteiger partial charge in [0, 0.05) is 40.0 Å². The highest BCUT2D eigenvalue weighted by Gasteiger charge is 2.30. The van der Waals surface area contributed by atoms with E-state index in [1.165, 1.54) is 11.8 Å². The molecule has 0 bridgehead atoms. The van der Waals surface area contributed by atoms with Gasteiger partial charge in [0.15, 0.2) is 0 Å². The highest BCUT2D eigenvalue weighted by Crippen LogP contribution is 2.04. The van der Waals surface area contributed by atoms with Crippen molar-refractivity contribution in [2.75, 3.05) is 46.3 Å². The van der Waals surface area contributed by atoms with Crippen LogP contribution in [0.1, 0.15) is 19.8 Å². The fraction of sp³-hybridized carbons (Fsp3) is 0.733. The average molecular weight is 428 g/mol. The summed E-state index contributed by atoms with van der Waals surface area (Å²) in [4.78, 5) is 40.7. The lowest BCUT2D eigenvalue weighted by Crippen LogP contribution is -2.57. The predicted octanol–water partition coefficient (Wildman–Crippen LogP) is -1.80. The molecule has 12 heteroatoms. The fourth-order valence-electron chi connectivity index (χ4n) is 2.27. The van der Waals surface area contributed by atoms with Gasteiger partial charge < -0.3 is 21.3 Å². The Balaban J connectivity index is 0. The van der Waals surface area contributed by atoms with Crippen molar-refractivity contribution in [2.24, 2.45) is 10.7 Å². The number of halogens is 2. The van der Waals surface area contributed by atoms with E-state index in [9.17, 15) is 14.4 Å². The Hall–Kier alpha value is -1.46. The summed E-state index contributed by atoms with van der Waals surface area (Å²) >= 11 is 0. The molecular weight excluding hydrogens is 397 g/mol. The number of nitrogens with zero attached hydrogens (tertiary/aromatic N) is 2. The van der Waals surface area contributed by atoms with Gasteiger partial charge in [-0.2, -0.15) is 0 Å². The third-order valence-corrected chi connectivity index (χ3v) is 3.67. The Morgan fingerprint density at radius 2 is 1.85 bits per heavy atom. The van der Waals surface area contributed by atoms with E-state index in [-0.39, 0.29) is 55.0 Å². The van der Waals surface area contributed by atoms with Gasteiger partial charge in [-0.15, -0.1) is 24.8 Å². The first kappa shape index (κ1) is 27.8.